The van der Waals surface area contributed by atoms with Crippen LogP contribution < -0.4 is 20.2 Å². The molecule has 7 nitrogen and oxygen atoms in total. The number of nitrogens with zero attached hydrogens (tertiary/aromatic N) is 2. The fraction of sp³-hybridized carbons (Fsp3) is 0.261. The summed E-state index contributed by atoms with van der Waals surface area (Å²) in [7, 11) is 0. The molecule has 3 aromatic rings. The average Bonchev–Trinajstić information content (AvgIpc) is 3.19. The third-order valence-corrected chi connectivity index (χ3v) is 5.06. The fourth-order valence-corrected chi connectivity index (χ4v) is 3.38. The first kappa shape index (κ1) is 22.3. The molecule has 0 saturated carbocycles. The molecular formula is C23H26N4O3S. The molecule has 0 spiro atoms. The number of nitrogens with one attached hydrogen (secondary N) is 2. The van der Waals surface area contributed by atoms with Crippen molar-refractivity contribution in [3.63, 3.8) is 0 Å². The molecular weight excluding hydrogens is 412 g/mol. The van der Waals surface area contributed by atoms with E-state index in [4.69, 9.17) is 9.47 Å². The molecule has 0 aliphatic carbocycles. The van der Waals surface area contributed by atoms with Gasteiger partial charge in [-0.2, -0.15) is 5.10 Å². The monoisotopic (exact) mass is 438 g/mol. The van der Waals surface area contributed by atoms with Gasteiger partial charge in [0, 0.05) is 11.9 Å². The number of aromatic nitrogens is 1. The lowest BCUT2D eigenvalue weighted by atomic mass is 10.1. The van der Waals surface area contributed by atoms with Gasteiger partial charge in [0.05, 0.1) is 18.5 Å². The Kier molecular flexibility index (Phi) is 8.42. The summed E-state index contributed by atoms with van der Waals surface area (Å²) in [6.45, 7) is 4.80. The maximum absolute atomic E-state index is 12.1. The highest BCUT2D eigenvalue weighted by Crippen LogP contribution is 2.28. The van der Waals surface area contributed by atoms with Crippen molar-refractivity contribution in [2.75, 3.05) is 25.2 Å². The van der Waals surface area contributed by atoms with Crippen LogP contribution in [0.5, 0.6) is 11.5 Å². The lowest BCUT2D eigenvalue weighted by molar-refractivity contribution is -0.123. The molecule has 1 heterocycles. The third kappa shape index (κ3) is 7.42. The topological polar surface area (TPSA) is 84.8 Å². The van der Waals surface area contributed by atoms with Gasteiger partial charge in [0.15, 0.2) is 18.1 Å². The van der Waals surface area contributed by atoms with E-state index in [2.05, 4.69) is 20.8 Å². The van der Waals surface area contributed by atoms with E-state index in [0.29, 0.717) is 24.7 Å². The van der Waals surface area contributed by atoms with Crippen LogP contribution in [0.1, 0.15) is 23.7 Å². The van der Waals surface area contributed by atoms with E-state index in [1.807, 2.05) is 61.7 Å². The van der Waals surface area contributed by atoms with Crippen LogP contribution in [0.15, 0.2) is 59.0 Å². The van der Waals surface area contributed by atoms with Crippen LogP contribution >= 0.6 is 11.3 Å². The van der Waals surface area contributed by atoms with Gasteiger partial charge in [-0.15, -0.1) is 11.3 Å². The molecule has 0 saturated heterocycles. The average molecular weight is 439 g/mol. The molecule has 0 aliphatic heterocycles. The SMILES string of the molecule is CCOc1cc(C=NNc2nc(C)cs2)ccc1OCC(=O)NCCc1ccccc1. The molecule has 0 bridgehead atoms. The summed E-state index contributed by atoms with van der Waals surface area (Å²) in [6.07, 6.45) is 2.46. The second-order valence-electron chi connectivity index (χ2n) is 6.68. The van der Waals surface area contributed by atoms with Crippen molar-refractivity contribution in [3.05, 3.63) is 70.7 Å². The molecule has 0 radical (unpaired) electrons. The molecule has 31 heavy (non-hydrogen) atoms. The van der Waals surface area contributed by atoms with Crippen LogP contribution in [-0.2, 0) is 11.2 Å². The maximum atomic E-state index is 12.1. The zero-order valence-corrected chi connectivity index (χ0v) is 18.4. The summed E-state index contributed by atoms with van der Waals surface area (Å²) in [5.74, 6) is 0.904. The van der Waals surface area contributed by atoms with E-state index in [1.165, 1.54) is 16.9 Å². The smallest absolute Gasteiger partial charge is 0.257 e. The van der Waals surface area contributed by atoms with Crippen molar-refractivity contribution in [1.82, 2.24) is 10.3 Å². The maximum Gasteiger partial charge on any atom is 0.257 e. The highest BCUT2D eigenvalue weighted by atomic mass is 32.1. The molecule has 2 aromatic carbocycles. The summed E-state index contributed by atoms with van der Waals surface area (Å²) in [6, 6.07) is 15.5. The van der Waals surface area contributed by atoms with Crippen LogP contribution in [0, 0.1) is 6.92 Å². The van der Waals surface area contributed by atoms with Crippen LogP contribution in [0.25, 0.3) is 0 Å². The summed E-state index contributed by atoms with van der Waals surface area (Å²) in [5, 5.41) is 9.76. The van der Waals surface area contributed by atoms with E-state index >= 15 is 0 Å². The molecule has 0 atom stereocenters. The van der Waals surface area contributed by atoms with Gasteiger partial charge in [-0.25, -0.2) is 4.98 Å². The molecule has 0 aliphatic rings. The van der Waals surface area contributed by atoms with Gasteiger partial charge < -0.3 is 14.8 Å². The summed E-state index contributed by atoms with van der Waals surface area (Å²) >= 11 is 1.49. The number of thiazole rings is 1. The number of hydrogen-bond acceptors (Lipinski definition) is 7. The number of amides is 1. The first-order valence-corrected chi connectivity index (χ1v) is 10.9. The normalized spacial score (nSPS) is 10.8. The number of aryl methyl sites for hydroxylation is 1. The lowest BCUT2D eigenvalue weighted by Gasteiger charge is -2.12. The van der Waals surface area contributed by atoms with Gasteiger partial charge in [-0.3, -0.25) is 10.2 Å². The van der Waals surface area contributed by atoms with Gasteiger partial charge in [0.2, 0.25) is 5.13 Å². The quantitative estimate of drug-likeness (QED) is 0.349. The third-order valence-electron chi connectivity index (χ3n) is 4.20. The molecule has 2 N–H and O–H groups in total. The molecule has 0 fully saturated rings. The largest absolute Gasteiger partial charge is 0.490 e. The first-order valence-electron chi connectivity index (χ1n) is 10.1. The number of benzene rings is 2. The Morgan fingerprint density at radius 2 is 2.00 bits per heavy atom. The van der Waals surface area contributed by atoms with Crippen LogP contribution in [0.2, 0.25) is 0 Å². The number of hydrogen-bond donors (Lipinski definition) is 2. The number of ether oxygens (including phenoxy) is 2. The van der Waals surface area contributed by atoms with E-state index in [1.54, 1.807) is 12.3 Å². The summed E-state index contributed by atoms with van der Waals surface area (Å²) in [5.41, 5.74) is 5.87. The minimum absolute atomic E-state index is 0.0761. The van der Waals surface area contributed by atoms with Gasteiger partial charge in [-0.1, -0.05) is 30.3 Å². The summed E-state index contributed by atoms with van der Waals surface area (Å²) in [4.78, 5) is 16.4. The number of carbonyl (C=O) groups excluding carboxylic acids is 1. The van der Waals surface area contributed by atoms with Crippen molar-refractivity contribution in [1.29, 1.82) is 0 Å². The van der Waals surface area contributed by atoms with Gasteiger partial charge in [0.1, 0.15) is 0 Å². The van der Waals surface area contributed by atoms with E-state index in [-0.39, 0.29) is 12.5 Å². The lowest BCUT2D eigenvalue weighted by Crippen LogP contribution is -2.30. The van der Waals surface area contributed by atoms with Gasteiger partial charge in [-0.05, 0) is 49.6 Å². The number of carbonyl (C=O) groups is 1. The molecule has 8 heteroatoms. The van der Waals surface area contributed by atoms with Crippen molar-refractivity contribution in [3.8, 4) is 11.5 Å². The van der Waals surface area contributed by atoms with Gasteiger partial charge >= 0.3 is 0 Å². The fourth-order valence-electron chi connectivity index (χ4n) is 2.75. The Balaban J connectivity index is 1.50. The van der Waals surface area contributed by atoms with Crippen molar-refractivity contribution >= 4 is 28.6 Å². The van der Waals surface area contributed by atoms with E-state index < -0.39 is 0 Å². The number of hydrazone groups is 1. The molecule has 3 rings (SSSR count). The molecule has 0 unspecified atom stereocenters. The highest BCUT2D eigenvalue weighted by Gasteiger charge is 2.09. The zero-order chi connectivity index (χ0) is 21.9. The second kappa shape index (κ2) is 11.7. The minimum atomic E-state index is -0.174. The van der Waals surface area contributed by atoms with Crippen LogP contribution in [0.4, 0.5) is 5.13 Å². The number of rotatable bonds is 11. The summed E-state index contributed by atoms with van der Waals surface area (Å²) < 4.78 is 11.3. The minimum Gasteiger partial charge on any atom is -0.490 e. The predicted molar refractivity (Wildman–Crippen MR) is 124 cm³/mol. The Morgan fingerprint density at radius 3 is 2.74 bits per heavy atom. The zero-order valence-electron chi connectivity index (χ0n) is 17.6. The van der Waals surface area contributed by atoms with Crippen LogP contribution in [0.3, 0.4) is 0 Å². The van der Waals surface area contributed by atoms with Crippen molar-refractivity contribution < 1.29 is 14.3 Å². The predicted octanol–water partition coefficient (Wildman–Crippen LogP) is 4.03. The van der Waals surface area contributed by atoms with Gasteiger partial charge in [0.25, 0.3) is 5.91 Å². The number of anilines is 1. The highest BCUT2D eigenvalue weighted by molar-refractivity contribution is 7.13. The Hall–Kier alpha value is -3.39. The Morgan fingerprint density at radius 1 is 1.16 bits per heavy atom. The first-order chi connectivity index (χ1) is 15.1. The molecule has 1 aromatic heterocycles. The van der Waals surface area contributed by atoms with Crippen molar-refractivity contribution in [2.24, 2.45) is 5.10 Å². The van der Waals surface area contributed by atoms with Crippen LogP contribution in [-0.4, -0.2) is 36.9 Å². The standard InChI is InChI=1S/C23H26N4O3S/c1-3-29-21-13-19(14-25-27-23-26-17(2)16-31-23)9-10-20(21)30-15-22(28)24-12-11-18-7-5-4-6-8-18/h4-10,13-14,16H,3,11-12,15H2,1-2H3,(H,24,28)(H,26,27). The van der Waals surface area contributed by atoms with E-state index in [9.17, 15) is 4.79 Å². The van der Waals surface area contributed by atoms with Crippen molar-refractivity contribution in [2.45, 2.75) is 20.3 Å². The Bertz CT molecular complexity index is 1010. The molecule has 1 amide bonds. The van der Waals surface area contributed by atoms with E-state index in [0.717, 1.165) is 22.8 Å². The second-order valence-corrected chi connectivity index (χ2v) is 7.54. The Labute approximate surface area is 186 Å². The molecule has 162 valence electrons.